The van der Waals surface area contributed by atoms with Gasteiger partial charge in [0.1, 0.15) is 11.0 Å². The minimum atomic E-state index is 1.05. The van der Waals surface area contributed by atoms with Crippen molar-refractivity contribution < 1.29 is 0 Å². The summed E-state index contributed by atoms with van der Waals surface area (Å²) in [4.78, 5) is 8.34. The topological polar surface area (TPSA) is 25.8 Å². The SMILES string of the molecule is CCCCCCc1cc(-c2sc(-c3ccc(-c4cc(CCCCCC)c(-c5cc(CCCCCC)c(Br)s5)s4)c4nsnc34)cc2CCCCCC)sc1Br. The molecule has 0 aliphatic heterocycles. The van der Waals surface area contributed by atoms with Crippen LogP contribution in [0.15, 0.2) is 44.0 Å². The molecular formula is C46H58Br2N2S5. The van der Waals surface area contributed by atoms with Crippen LogP contribution in [0, 0.1) is 0 Å². The molecule has 9 heteroatoms. The zero-order valence-electron chi connectivity index (χ0n) is 33.3. The second-order valence-corrected chi connectivity index (χ2v) is 22.5. The molecule has 0 unspecified atom stereocenters. The van der Waals surface area contributed by atoms with Gasteiger partial charge in [0, 0.05) is 40.4 Å². The van der Waals surface area contributed by atoms with E-state index in [2.05, 4.69) is 96.0 Å². The fourth-order valence-corrected chi connectivity index (χ4v) is 14.4. The van der Waals surface area contributed by atoms with Crippen molar-refractivity contribution in [2.75, 3.05) is 0 Å². The molecule has 6 rings (SSSR count). The zero-order valence-corrected chi connectivity index (χ0v) is 40.6. The van der Waals surface area contributed by atoms with Gasteiger partial charge in [0.2, 0.25) is 0 Å². The summed E-state index contributed by atoms with van der Waals surface area (Å²) in [5, 5.41) is 0. The number of rotatable bonds is 24. The van der Waals surface area contributed by atoms with Crippen LogP contribution in [-0.2, 0) is 25.7 Å². The Bertz CT molecular complexity index is 1930. The van der Waals surface area contributed by atoms with Crippen molar-refractivity contribution in [1.82, 2.24) is 8.75 Å². The largest absolute Gasteiger partial charge is 0.172 e. The van der Waals surface area contributed by atoms with E-state index in [-0.39, 0.29) is 0 Å². The van der Waals surface area contributed by atoms with Crippen molar-refractivity contribution in [3.05, 3.63) is 66.2 Å². The maximum absolute atomic E-state index is 4.99. The lowest BCUT2D eigenvalue weighted by Gasteiger charge is -2.03. The molecule has 5 heterocycles. The molecule has 0 saturated heterocycles. The quantitative estimate of drug-likeness (QED) is 0.0565. The molecule has 0 aliphatic rings. The Kier molecular flexibility index (Phi) is 17.5. The van der Waals surface area contributed by atoms with E-state index in [0.717, 1.165) is 36.7 Å². The van der Waals surface area contributed by atoms with Crippen LogP contribution in [0.25, 0.3) is 51.4 Å². The molecule has 5 aromatic heterocycles. The lowest BCUT2D eigenvalue weighted by atomic mass is 10.0. The van der Waals surface area contributed by atoms with E-state index < -0.39 is 0 Å². The third-order valence-corrected chi connectivity index (χ3v) is 18.0. The Hall–Kier alpha value is -1.20. The zero-order chi connectivity index (χ0) is 38.6. The van der Waals surface area contributed by atoms with E-state index >= 15 is 0 Å². The molecule has 0 aliphatic carbocycles. The first-order valence-electron chi connectivity index (χ1n) is 21.0. The Labute approximate surface area is 368 Å². The number of aromatic nitrogens is 2. The summed E-state index contributed by atoms with van der Waals surface area (Å²) in [5.41, 5.74) is 10.5. The van der Waals surface area contributed by atoms with Crippen molar-refractivity contribution in [2.45, 2.75) is 156 Å². The highest BCUT2D eigenvalue weighted by molar-refractivity contribution is 9.11. The molecule has 1 aromatic carbocycles. The van der Waals surface area contributed by atoms with Crippen LogP contribution in [-0.4, -0.2) is 8.75 Å². The fourth-order valence-electron chi connectivity index (χ4n) is 7.52. The van der Waals surface area contributed by atoms with Gasteiger partial charge in [-0.25, -0.2) is 0 Å². The first-order valence-corrected chi connectivity index (χ1v) is 26.6. The summed E-state index contributed by atoms with van der Waals surface area (Å²) in [6.45, 7) is 9.18. The molecule has 0 bridgehead atoms. The minimum Gasteiger partial charge on any atom is -0.172 e. The highest BCUT2D eigenvalue weighted by Gasteiger charge is 2.22. The highest BCUT2D eigenvalue weighted by Crippen LogP contribution is 2.49. The van der Waals surface area contributed by atoms with Crippen molar-refractivity contribution >= 4 is 100.0 Å². The molecule has 6 aromatic rings. The number of hydrogen-bond donors (Lipinski definition) is 0. The fraction of sp³-hybridized carbons (Fsp3) is 0.522. The van der Waals surface area contributed by atoms with Gasteiger partial charge in [0.05, 0.1) is 19.3 Å². The average Bonchev–Trinajstić information content (AvgIpc) is 4.03. The molecule has 0 amide bonds. The van der Waals surface area contributed by atoms with Gasteiger partial charge in [-0.3, -0.25) is 0 Å². The summed E-state index contributed by atoms with van der Waals surface area (Å²) in [5.74, 6) is 0. The predicted octanol–water partition coefficient (Wildman–Crippen LogP) is 18.6. The van der Waals surface area contributed by atoms with E-state index in [9.17, 15) is 0 Å². The number of benzene rings is 1. The molecule has 0 N–H and O–H groups in total. The molecule has 2 nitrogen and oxygen atoms in total. The maximum atomic E-state index is 4.99. The summed E-state index contributed by atoms with van der Waals surface area (Å²) in [6, 6.07) is 14.6. The van der Waals surface area contributed by atoms with Crippen LogP contribution in [0.5, 0.6) is 0 Å². The van der Waals surface area contributed by atoms with E-state index in [1.807, 2.05) is 45.3 Å². The number of thiophene rings is 4. The van der Waals surface area contributed by atoms with Gasteiger partial charge in [-0.05, 0) is 130 Å². The van der Waals surface area contributed by atoms with E-state index in [1.54, 1.807) is 0 Å². The Morgan fingerprint density at radius 3 is 1.13 bits per heavy atom. The number of hydrogen-bond acceptors (Lipinski definition) is 7. The normalized spacial score (nSPS) is 11.8. The van der Waals surface area contributed by atoms with Crippen LogP contribution in [0.2, 0.25) is 0 Å². The lowest BCUT2D eigenvalue weighted by molar-refractivity contribution is 0.667. The Morgan fingerprint density at radius 2 is 0.764 bits per heavy atom. The number of nitrogens with zero attached hydrogens (tertiary/aromatic N) is 2. The third kappa shape index (κ3) is 11.3. The highest BCUT2D eigenvalue weighted by atomic mass is 79.9. The third-order valence-electron chi connectivity index (χ3n) is 10.7. The van der Waals surface area contributed by atoms with Gasteiger partial charge >= 0.3 is 0 Å². The summed E-state index contributed by atoms with van der Waals surface area (Å²) in [7, 11) is 0. The number of unbranched alkanes of at least 4 members (excludes halogenated alkanes) is 12. The van der Waals surface area contributed by atoms with Crippen molar-refractivity contribution in [3.63, 3.8) is 0 Å². The van der Waals surface area contributed by atoms with Crippen LogP contribution in [0.1, 0.15) is 153 Å². The standard InChI is InChI=1S/C46H58Br2N2S5/c1-5-9-13-17-21-31-27-37(51-43(31)39-29-33(45(47)53-39)23-19-15-11-7-3)35-25-26-36(42-41(35)49-55-50-42)38-28-32(22-18-14-10-6-2)44(52-38)40-30-34(46(48)54-40)24-20-16-12-8-4/h25-30H,5-24H2,1-4H3. The van der Waals surface area contributed by atoms with Crippen molar-refractivity contribution in [3.8, 4) is 40.4 Å². The number of aryl methyl sites for hydroxylation is 4. The molecule has 0 atom stereocenters. The second-order valence-electron chi connectivity index (χ2n) is 15.1. The smallest absolute Gasteiger partial charge is 0.114 e. The molecule has 0 fully saturated rings. The first-order chi connectivity index (χ1) is 26.9. The molecular weight excluding hydrogens is 901 g/mol. The van der Waals surface area contributed by atoms with Crippen LogP contribution in [0.4, 0.5) is 0 Å². The van der Waals surface area contributed by atoms with Gasteiger partial charge in [-0.15, -0.1) is 45.3 Å². The van der Waals surface area contributed by atoms with E-state index in [0.29, 0.717) is 0 Å². The van der Waals surface area contributed by atoms with Gasteiger partial charge in [0.25, 0.3) is 0 Å². The summed E-state index contributed by atoms with van der Waals surface area (Å²) < 4.78 is 12.6. The summed E-state index contributed by atoms with van der Waals surface area (Å²) in [6.07, 6.45) is 25.1. The molecule has 0 spiro atoms. The van der Waals surface area contributed by atoms with Gasteiger partial charge in [0.15, 0.2) is 0 Å². The Balaban J connectivity index is 1.33. The number of halogens is 2. The van der Waals surface area contributed by atoms with Gasteiger partial charge < -0.3 is 0 Å². The van der Waals surface area contributed by atoms with Crippen LogP contribution < -0.4 is 0 Å². The molecule has 0 saturated carbocycles. The molecule has 296 valence electrons. The Morgan fingerprint density at radius 1 is 0.418 bits per heavy atom. The maximum Gasteiger partial charge on any atom is 0.114 e. The first kappa shape index (κ1) is 43.4. The monoisotopic (exact) mass is 956 g/mol. The van der Waals surface area contributed by atoms with Crippen LogP contribution in [0.3, 0.4) is 0 Å². The van der Waals surface area contributed by atoms with Gasteiger partial charge in [-0.2, -0.15) is 8.75 Å². The lowest BCUT2D eigenvalue weighted by Crippen LogP contribution is -1.86. The van der Waals surface area contributed by atoms with Gasteiger partial charge in [-0.1, -0.05) is 117 Å². The summed E-state index contributed by atoms with van der Waals surface area (Å²) >= 11 is 17.0. The minimum absolute atomic E-state index is 1.05. The molecule has 55 heavy (non-hydrogen) atoms. The number of fused-ring (bicyclic) bond motifs is 1. The van der Waals surface area contributed by atoms with Crippen LogP contribution >= 0.6 is 88.9 Å². The predicted molar refractivity (Wildman–Crippen MR) is 257 cm³/mol. The molecule has 0 radical (unpaired) electrons. The van der Waals surface area contributed by atoms with Crippen molar-refractivity contribution in [1.29, 1.82) is 0 Å². The van der Waals surface area contributed by atoms with E-state index in [1.165, 1.54) is 185 Å². The van der Waals surface area contributed by atoms with Crippen molar-refractivity contribution in [2.24, 2.45) is 0 Å². The average molecular weight is 959 g/mol. The second kappa shape index (κ2) is 22.2. The van der Waals surface area contributed by atoms with E-state index in [4.69, 9.17) is 8.75 Å².